The molecule has 3 rings (SSSR count). The van der Waals surface area contributed by atoms with Gasteiger partial charge in [0.05, 0.1) is 0 Å². The summed E-state index contributed by atoms with van der Waals surface area (Å²) in [5.74, 6) is 0. The van der Waals surface area contributed by atoms with Crippen LogP contribution in [0.5, 0.6) is 0 Å². The van der Waals surface area contributed by atoms with Gasteiger partial charge >= 0.3 is 0 Å². The van der Waals surface area contributed by atoms with Crippen LogP contribution < -0.4 is 10.6 Å². The van der Waals surface area contributed by atoms with E-state index in [-0.39, 0.29) is 0 Å². The SMILES string of the molecule is Cc1ccc(NC(=S)Nc2ccc3ccccc3c2)cc1Cl. The molecule has 110 valence electrons. The van der Waals surface area contributed by atoms with Crippen LogP contribution >= 0.6 is 23.8 Å². The van der Waals surface area contributed by atoms with Crippen molar-refractivity contribution in [2.24, 2.45) is 0 Å². The number of aryl methyl sites for hydroxylation is 1. The quantitative estimate of drug-likeness (QED) is 0.598. The first-order chi connectivity index (χ1) is 10.6. The van der Waals surface area contributed by atoms with Crippen LogP contribution in [0.15, 0.2) is 60.7 Å². The van der Waals surface area contributed by atoms with Crippen LogP contribution in [0, 0.1) is 6.92 Å². The minimum atomic E-state index is 0.537. The first kappa shape index (κ1) is 14.8. The van der Waals surface area contributed by atoms with Crippen LogP contribution in [0.25, 0.3) is 10.8 Å². The fraction of sp³-hybridized carbons (Fsp3) is 0.0556. The highest BCUT2D eigenvalue weighted by Crippen LogP contribution is 2.21. The monoisotopic (exact) mass is 326 g/mol. The van der Waals surface area contributed by atoms with Crippen LogP contribution in [0.1, 0.15) is 5.56 Å². The molecule has 3 aromatic carbocycles. The molecule has 0 heterocycles. The van der Waals surface area contributed by atoms with E-state index in [9.17, 15) is 0 Å². The average Bonchev–Trinajstić information content (AvgIpc) is 2.51. The molecule has 0 amide bonds. The Morgan fingerprint density at radius 1 is 0.864 bits per heavy atom. The molecule has 2 N–H and O–H groups in total. The second kappa shape index (κ2) is 6.34. The zero-order valence-electron chi connectivity index (χ0n) is 12.1. The Balaban J connectivity index is 1.73. The zero-order chi connectivity index (χ0) is 15.5. The van der Waals surface area contributed by atoms with Crippen molar-refractivity contribution >= 4 is 51.1 Å². The van der Waals surface area contributed by atoms with Gasteiger partial charge in [-0.2, -0.15) is 0 Å². The third kappa shape index (κ3) is 3.38. The van der Waals surface area contributed by atoms with Crippen molar-refractivity contribution in [1.29, 1.82) is 0 Å². The summed E-state index contributed by atoms with van der Waals surface area (Å²) in [6.45, 7) is 1.97. The van der Waals surface area contributed by atoms with Gasteiger partial charge in [0.2, 0.25) is 0 Å². The largest absolute Gasteiger partial charge is 0.332 e. The third-order valence-corrected chi connectivity index (χ3v) is 4.05. The fourth-order valence-corrected chi connectivity index (χ4v) is 2.65. The van der Waals surface area contributed by atoms with Crippen LogP contribution in [-0.4, -0.2) is 5.11 Å². The number of benzene rings is 3. The molecule has 0 bridgehead atoms. The van der Waals surface area contributed by atoms with Gasteiger partial charge < -0.3 is 10.6 Å². The molecule has 22 heavy (non-hydrogen) atoms. The van der Waals surface area contributed by atoms with Crippen molar-refractivity contribution in [3.8, 4) is 0 Å². The van der Waals surface area contributed by atoms with E-state index in [1.165, 1.54) is 10.8 Å². The van der Waals surface area contributed by atoms with Crippen molar-refractivity contribution in [1.82, 2.24) is 0 Å². The minimum Gasteiger partial charge on any atom is -0.332 e. The van der Waals surface area contributed by atoms with E-state index in [1.54, 1.807) is 0 Å². The smallest absolute Gasteiger partial charge is 0.175 e. The Morgan fingerprint density at radius 2 is 1.50 bits per heavy atom. The summed E-state index contributed by atoms with van der Waals surface area (Å²) in [6, 6.07) is 20.2. The highest BCUT2D eigenvalue weighted by molar-refractivity contribution is 7.80. The third-order valence-electron chi connectivity index (χ3n) is 3.44. The summed E-state index contributed by atoms with van der Waals surface area (Å²) in [4.78, 5) is 0. The van der Waals surface area contributed by atoms with Gasteiger partial charge in [-0.15, -0.1) is 0 Å². The maximum atomic E-state index is 6.12. The molecule has 0 unspecified atom stereocenters. The standard InChI is InChI=1S/C18H15ClN2S/c1-12-6-8-16(11-17(12)19)21-18(22)20-15-9-7-13-4-2-3-5-14(13)10-15/h2-11H,1H3,(H2,20,21,22). The molecular weight excluding hydrogens is 312 g/mol. The van der Waals surface area contributed by atoms with Gasteiger partial charge in [-0.1, -0.05) is 48.0 Å². The molecule has 0 aliphatic carbocycles. The number of halogens is 1. The number of hydrogen-bond donors (Lipinski definition) is 2. The van der Waals surface area contributed by atoms with Crippen molar-refractivity contribution in [2.75, 3.05) is 10.6 Å². The van der Waals surface area contributed by atoms with Crippen LogP contribution in [-0.2, 0) is 0 Å². The first-order valence-electron chi connectivity index (χ1n) is 6.95. The van der Waals surface area contributed by atoms with Gasteiger partial charge in [0.25, 0.3) is 0 Å². The van der Waals surface area contributed by atoms with Crippen molar-refractivity contribution in [3.63, 3.8) is 0 Å². The van der Waals surface area contributed by atoms with E-state index < -0.39 is 0 Å². The maximum absolute atomic E-state index is 6.12. The van der Waals surface area contributed by atoms with Crippen molar-refractivity contribution < 1.29 is 0 Å². The molecule has 4 heteroatoms. The number of nitrogens with one attached hydrogen (secondary N) is 2. The van der Waals surface area contributed by atoms with E-state index in [4.69, 9.17) is 23.8 Å². The number of thiocarbonyl (C=S) groups is 1. The van der Waals surface area contributed by atoms with Crippen molar-refractivity contribution in [2.45, 2.75) is 6.92 Å². The molecule has 0 radical (unpaired) electrons. The lowest BCUT2D eigenvalue weighted by Crippen LogP contribution is -2.19. The number of rotatable bonds is 2. The Morgan fingerprint density at radius 3 is 2.23 bits per heavy atom. The Labute approximate surface area is 140 Å². The molecular formula is C18H15ClN2S. The Bertz CT molecular complexity index is 845. The molecule has 0 saturated heterocycles. The van der Waals surface area contributed by atoms with Crippen LogP contribution in [0.2, 0.25) is 5.02 Å². The molecule has 0 fully saturated rings. The van der Waals surface area contributed by atoms with E-state index in [0.717, 1.165) is 22.0 Å². The molecule has 0 aromatic heterocycles. The van der Waals surface area contributed by atoms with Gasteiger partial charge in [0.15, 0.2) is 5.11 Å². The summed E-state index contributed by atoms with van der Waals surface area (Å²) in [5, 5.41) is 9.97. The number of fused-ring (bicyclic) bond motifs is 1. The number of hydrogen-bond acceptors (Lipinski definition) is 1. The summed E-state index contributed by atoms with van der Waals surface area (Å²) in [5.41, 5.74) is 2.86. The highest BCUT2D eigenvalue weighted by atomic mass is 35.5. The lowest BCUT2D eigenvalue weighted by Gasteiger charge is -2.12. The van der Waals surface area contributed by atoms with Gasteiger partial charge in [0, 0.05) is 16.4 Å². The molecule has 0 saturated carbocycles. The van der Waals surface area contributed by atoms with Crippen molar-refractivity contribution in [3.05, 3.63) is 71.2 Å². The van der Waals surface area contributed by atoms with Gasteiger partial charge in [0.1, 0.15) is 0 Å². The fourth-order valence-electron chi connectivity index (χ4n) is 2.23. The molecule has 2 nitrogen and oxygen atoms in total. The summed E-state index contributed by atoms with van der Waals surface area (Å²) < 4.78 is 0. The predicted molar refractivity (Wildman–Crippen MR) is 100.0 cm³/mol. The average molecular weight is 327 g/mol. The summed E-state index contributed by atoms with van der Waals surface area (Å²) in [7, 11) is 0. The molecule has 0 aliphatic rings. The van der Waals surface area contributed by atoms with E-state index in [0.29, 0.717) is 5.11 Å². The summed E-state index contributed by atoms with van der Waals surface area (Å²) >= 11 is 11.5. The topological polar surface area (TPSA) is 24.1 Å². The van der Waals surface area contributed by atoms with E-state index >= 15 is 0 Å². The predicted octanol–water partition coefficient (Wildman–Crippen LogP) is 5.61. The normalized spacial score (nSPS) is 10.5. The maximum Gasteiger partial charge on any atom is 0.175 e. The first-order valence-corrected chi connectivity index (χ1v) is 7.73. The second-order valence-corrected chi connectivity index (χ2v) is 5.92. The highest BCUT2D eigenvalue weighted by Gasteiger charge is 2.02. The van der Waals surface area contributed by atoms with Gasteiger partial charge in [-0.25, -0.2) is 0 Å². The van der Waals surface area contributed by atoms with E-state index in [1.807, 2.05) is 43.3 Å². The molecule has 0 spiro atoms. The summed E-state index contributed by atoms with van der Waals surface area (Å²) in [6.07, 6.45) is 0. The molecule has 0 atom stereocenters. The second-order valence-electron chi connectivity index (χ2n) is 5.11. The van der Waals surface area contributed by atoms with E-state index in [2.05, 4.69) is 34.9 Å². The van der Waals surface area contributed by atoms with Crippen LogP contribution in [0.3, 0.4) is 0 Å². The Hall–Kier alpha value is -2.10. The minimum absolute atomic E-state index is 0.537. The Kier molecular flexibility index (Phi) is 4.27. The lowest BCUT2D eigenvalue weighted by molar-refractivity contribution is 1.47. The van der Waals surface area contributed by atoms with Crippen LogP contribution in [0.4, 0.5) is 11.4 Å². The lowest BCUT2D eigenvalue weighted by atomic mass is 10.1. The molecule has 3 aromatic rings. The van der Waals surface area contributed by atoms with Gasteiger partial charge in [-0.3, -0.25) is 0 Å². The molecule has 0 aliphatic heterocycles. The van der Waals surface area contributed by atoms with Gasteiger partial charge in [-0.05, 0) is 59.7 Å². The zero-order valence-corrected chi connectivity index (χ0v) is 13.6. The number of anilines is 2.